The first-order valence-corrected chi connectivity index (χ1v) is 9.12. The Kier molecular flexibility index (Phi) is 8.15. The summed E-state index contributed by atoms with van der Waals surface area (Å²) in [5.41, 5.74) is -0.0411. The van der Waals surface area contributed by atoms with Crippen LogP contribution in [0, 0.1) is 42.9 Å². The predicted molar refractivity (Wildman–Crippen MR) is 115 cm³/mol. The monoisotopic (exact) mass is 468 g/mol. The number of pyridine rings is 2. The Labute approximate surface area is 191 Å². The molecular formula is C20H13ClN6O6. The molecule has 0 aliphatic carbocycles. The van der Waals surface area contributed by atoms with E-state index in [4.69, 9.17) is 31.6 Å². The predicted octanol–water partition coefficient (Wildman–Crippen LogP) is 4.06. The molecule has 0 aliphatic heterocycles. The maximum atomic E-state index is 10.8. The molecule has 33 heavy (non-hydrogen) atoms. The highest BCUT2D eigenvalue weighted by atomic mass is 35.5. The van der Waals surface area contributed by atoms with E-state index < -0.39 is 9.85 Å². The molecule has 2 aromatic heterocycles. The molecule has 12 nitrogen and oxygen atoms in total. The van der Waals surface area contributed by atoms with Gasteiger partial charge in [0.25, 0.3) is 0 Å². The Balaban J connectivity index is 0.000000273. The van der Waals surface area contributed by atoms with Gasteiger partial charge in [0.05, 0.1) is 29.8 Å². The molecule has 0 atom stereocenters. The largest absolute Gasteiger partial charge is 0.493 e. The summed E-state index contributed by atoms with van der Waals surface area (Å²) in [6.45, 7) is 0. The molecule has 0 fully saturated rings. The maximum Gasteiger partial charge on any atom is 0.305 e. The second-order valence-corrected chi connectivity index (χ2v) is 6.26. The standard InChI is InChI=1S/C14H11N3O4.C6H2ClN3O2/c1-20-13-6-3-9(7-14(13)21-2)10-4-5-12(17(18)19)11(8-15)16-10;7-6-2-1-5(10(11)12)4(3-8)9-6/h3-7H,1-2H3;1-2H. The minimum absolute atomic E-state index is 0.0668. The van der Waals surface area contributed by atoms with Crippen molar-refractivity contribution in [1.29, 1.82) is 10.5 Å². The van der Waals surface area contributed by atoms with Crippen molar-refractivity contribution in [2.45, 2.75) is 0 Å². The van der Waals surface area contributed by atoms with E-state index in [1.807, 2.05) is 0 Å². The third kappa shape index (κ3) is 5.88. The van der Waals surface area contributed by atoms with Crippen LogP contribution in [-0.4, -0.2) is 34.0 Å². The van der Waals surface area contributed by atoms with E-state index >= 15 is 0 Å². The van der Waals surface area contributed by atoms with E-state index in [1.54, 1.807) is 30.3 Å². The number of nitrogens with zero attached hydrogens (tertiary/aromatic N) is 6. The lowest BCUT2D eigenvalue weighted by molar-refractivity contribution is -0.385. The first kappa shape index (κ1) is 24.5. The zero-order valence-electron chi connectivity index (χ0n) is 17.1. The summed E-state index contributed by atoms with van der Waals surface area (Å²) in [5.74, 6) is 1.07. The summed E-state index contributed by atoms with van der Waals surface area (Å²) < 4.78 is 10.3. The van der Waals surface area contributed by atoms with Gasteiger partial charge in [0.2, 0.25) is 11.4 Å². The van der Waals surface area contributed by atoms with E-state index in [-0.39, 0.29) is 27.9 Å². The average Bonchev–Trinajstić information content (AvgIpc) is 2.83. The number of hydrogen-bond acceptors (Lipinski definition) is 10. The fourth-order valence-electron chi connectivity index (χ4n) is 2.50. The Hall–Kier alpha value is -4.81. The first-order valence-electron chi connectivity index (χ1n) is 8.74. The molecule has 0 saturated heterocycles. The van der Waals surface area contributed by atoms with Gasteiger partial charge in [0.1, 0.15) is 17.3 Å². The van der Waals surface area contributed by atoms with Gasteiger partial charge < -0.3 is 9.47 Å². The van der Waals surface area contributed by atoms with Gasteiger partial charge in [-0.25, -0.2) is 9.97 Å². The number of halogens is 1. The number of benzene rings is 1. The van der Waals surface area contributed by atoms with E-state index in [1.165, 1.54) is 32.4 Å². The summed E-state index contributed by atoms with van der Waals surface area (Å²) in [4.78, 5) is 27.2. The molecule has 0 saturated carbocycles. The van der Waals surface area contributed by atoms with Crippen LogP contribution in [0.25, 0.3) is 11.3 Å². The maximum absolute atomic E-state index is 10.8. The van der Waals surface area contributed by atoms with Crippen molar-refractivity contribution in [2.75, 3.05) is 14.2 Å². The van der Waals surface area contributed by atoms with Gasteiger partial charge in [-0.15, -0.1) is 0 Å². The fourth-order valence-corrected chi connectivity index (χ4v) is 2.64. The Morgan fingerprint density at radius 1 is 0.848 bits per heavy atom. The topological polar surface area (TPSA) is 178 Å². The van der Waals surface area contributed by atoms with Crippen LogP contribution < -0.4 is 9.47 Å². The lowest BCUT2D eigenvalue weighted by Crippen LogP contribution is -1.97. The number of methoxy groups -OCH3 is 2. The third-order valence-electron chi connectivity index (χ3n) is 4.00. The van der Waals surface area contributed by atoms with Gasteiger partial charge in [-0.3, -0.25) is 20.2 Å². The second kappa shape index (κ2) is 11.0. The second-order valence-electron chi connectivity index (χ2n) is 5.87. The highest BCUT2D eigenvalue weighted by Crippen LogP contribution is 2.32. The molecule has 3 aromatic rings. The van der Waals surface area contributed by atoms with Crippen molar-refractivity contribution in [3.8, 4) is 34.9 Å². The molecule has 0 radical (unpaired) electrons. The highest BCUT2D eigenvalue weighted by Gasteiger charge is 2.17. The molecule has 0 amide bonds. The Bertz CT molecular complexity index is 1300. The Morgan fingerprint density at radius 2 is 1.39 bits per heavy atom. The summed E-state index contributed by atoms with van der Waals surface area (Å²) >= 11 is 5.42. The van der Waals surface area contributed by atoms with Crippen LogP contribution in [0.5, 0.6) is 11.5 Å². The summed E-state index contributed by atoms with van der Waals surface area (Å²) in [6, 6.07) is 13.6. The molecule has 0 unspecified atom stereocenters. The van der Waals surface area contributed by atoms with Gasteiger partial charge in [-0.2, -0.15) is 10.5 Å². The van der Waals surface area contributed by atoms with Crippen LogP contribution in [-0.2, 0) is 0 Å². The van der Waals surface area contributed by atoms with E-state index in [0.29, 0.717) is 22.8 Å². The van der Waals surface area contributed by atoms with E-state index in [0.717, 1.165) is 6.07 Å². The number of hydrogen-bond donors (Lipinski definition) is 0. The van der Waals surface area contributed by atoms with Crippen LogP contribution in [0.15, 0.2) is 42.5 Å². The molecule has 0 aliphatic rings. The number of nitro groups is 2. The average molecular weight is 469 g/mol. The summed E-state index contributed by atoms with van der Waals surface area (Å²) in [6.07, 6.45) is 0. The lowest BCUT2D eigenvalue weighted by atomic mass is 10.1. The van der Waals surface area contributed by atoms with Gasteiger partial charge in [0, 0.05) is 17.7 Å². The minimum atomic E-state index is -0.679. The Morgan fingerprint density at radius 3 is 1.91 bits per heavy atom. The van der Waals surface area contributed by atoms with Crippen LogP contribution in [0.2, 0.25) is 5.15 Å². The van der Waals surface area contributed by atoms with E-state index in [9.17, 15) is 20.2 Å². The van der Waals surface area contributed by atoms with Crippen LogP contribution >= 0.6 is 11.6 Å². The van der Waals surface area contributed by atoms with Crippen LogP contribution in [0.1, 0.15) is 11.4 Å². The van der Waals surface area contributed by atoms with Gasteiger partial charge in [-0.1, -0.05) is 11.6 Å². The first-order chi connectivity index (χ1) is 15.7. The number of nitriles is 2. The molecule has 166 valence electrons. The van der Waals surface area contributed by atoms with Gasteiger partial charge in [0.15, 0.2) is 11.5 Å². The number of ether oxygens (including phenoxy) is 2. The minimum Gasteiger partial charge on any atom is -0.493 e. The van der Waals surface area contributed by atoms with E-state index in [2.05, 4.69) is 9.97 Å². The lowest BCUT2D eigenvalue weighted by Gasteiger charge is -2.09. The molecule has 1 aromatic carbocycles. The molecular weight excluding hydrogens is 456 g/mol. The van der Waals surface area contributed by atoms with Gasteiger partial charge in [-0.05, 0) is 30.3 Å². The molecule has 0 spiro atoms. The zero-order valence-corrected chi connectivity index (χ0v) is 17.8. The quantitative estimate of drug-likeness (QED) is 0.301. The van der Waals surface area contributed by atoms with Crippen LogP contribution in [0.4, 0.5) is 11.4 Å². The van der Waals surface area contributed by atoms with Crippen LogP contribution in [0.3, 0.4) is 0 Å². The molecule has 2 heterocycles. The normalized spacial score (nSPS) is 9.48. The fraction of sp³-hybridized carbons (Fsp3) is 0.100. The molecule has 0 bridgehead atoms. The summed E-state index contributed by atoms with van der Waals surface area (Å²) in [7, 11) is 3.03. The van der Waals surface area contributed by atoms with Crippen molar-refractivity contribution in [3.05, 3.63) is 79.2 Å². The van der Waals surface area contributed by atoms with Crippen molar-refractivity contribution >= 4 is 23.0 Å². The zero-order chi connectivity index (χ0) is 24.5. The number of aromatic nitrogens is 2. The van der Waals surface area contributed by atoms with Crippen molar-refractivity contribution in [1.82, 2.24) is 9.97 Å². The van der Waals surface area contributed by atoms with Gasteiger partial charge >= 0.3 is 11.4 Å². The summed E-state index contributed by atoms with van der Waals surface area (Å²) in [5, 5.41) is 38.5. The smallest absolute Gasteiger partial charge is 0.305 e. The van der Waals surface area contributed by atoms with Crippen molar-refractivity contribution in [3.63, 3.8) is 0 Å². The third-order valence-corrected chi connectivity index (χ3v) is 4.21. The van der Waals surface area contributed by atoms with Crippen molar-refractivity contribution < 1.29 is 19.3 Å². The molecule has 0 N–H and O–H groups in total. The molecule has 13 heteroatoms. The highest BCUT2D eigenvalue weighted by molar-refractivity contribution is 6.29. The van der Waals surface area contributed by atoms with Crippen molar-refractivity contribution in [2.24, 2.45) is 0 Å². The SMILES string of the molecule is COc1ccc(-c2ccc([N+](=O)[O-])c(C#N)n2)cc1OC.N#Cc1nc(Cl)ccc1[N+](=O)[O-]. The molecule has 3 rings (SSSR count). The number of rotatable bonds is 5.